The van der Waals surface area contributed by atoms with Crippen LogP contribution in [0.3, 0.4) is 0 Å². The van der Waals surface area contributed by atoms with Crippen molar-refractivity contribution in [1.82, 2.24) is 9.88 Å². The van der Waals surface area contributed by atoms with Crippen molar-refractivity contribution in [2.75, 3.05) is 37.1 Å². The first kappa shape index (κ1) is 18.6. The van der Waals surface area contributed by atoms with Crippen molar-refractivity contribution in [3.63, 3.8) is 0 Å². The third-order valence-electron chi connectivity index (χ3n) is 4.74. The van der Waals surface area contributed by atoms with Crippen LogP contribution in [0, 0.1) is 0 Å². The van der Waals surface area contributed by atoms with E-state index in [1.165, 1.54) is 22.5 Å². The molecule has 0 aromatic carbocycles. The van der Waals surface area contributed by atoms with Crippen molar-refractivity contribution < 1.29 is 17.9 Å². The van der Waals surface area contributed by atoms with Gasteiger partial charge in [0.15, 0.2) is 5.13 Å². The van der Waals surface area contributed by atoms with Gasteiger partial charge in [-0.05, 0) is 38.0 Å². The molecule has 0 saturated carbocycles. The standard InChI is InChI=1S/C16H25N3O4S2/c1-25(21,22)11-13-4-2-3-7-19(13)16(20)18-15-17-10-14(24-15)12-5-8-23-9-6-12/h10,12-13H,2-9,11H2,1H3,(H,17,18,20)/t13-/m0/s1. The molecule has 2 fully saturated rings. The highest BCUT2D eigenvalue weighted by molar-refractivity contribution is 7.90. The van der Waals surface area contributed by atoms with Crippen molar-refractivity contribution in [2.24, 2.45) is 0 Å². The molecule has 0 radical (unpaired) electrons. The Morgan fingerprint density at radius 1 is 1.36 bits per heavy atom. The Balaban J connectivity index is 1.63. The van der Waals surface area contributed by atoms with Gasteiger partial charge < -0.3 is 9.64 Å². The zero-order chi connectivity index (χ0) is 17.9. The summed E-state index contributed by atoms with van der Waals surface area (Å²) >= 11 is 1.50. The molecule has 1 N–H and O–H groups in total. The van der Waals surface area contributed by atoms with Crippen LogP contribution < -0.4 is 5.32 Å². The van der Waals surface area contributed by atoms with E-state index in [9.17, 15) is 13.2 Å². The number of hydrogen-bond donors (Lipinski definition) is 1. The van der Waals surface area contributed by atoms with Crippen LogP contribution in [0.5, 0.6) is 0 Å². The van der Waals surface area contributed by atoms with E-state index in [0.717, 1.165) is 45.3 Å². The fourth-order valence-electron chi connectivity index (χ4n) is 3.47. The van der Waals surface area contributed by atoms with Crippen LogP contribution in [-0.2, 0) is 14.6 Å². The molecule has 1 aromatic heterocycles. The number of amides is 2. The molecule has 1 aromatic rings. The first-order chi connectivity index (χ1) is 11.9. The number of aromatic nitrogens is 1. The van der Waals surface area contributed by atoms with Crippen molar-refractivity contribution in [3.05, 3.63) is 11.1 Å². The summed E-state index contributed by atoms with van der Waals surface area (Å²) in [5.74, 6) is 0.468. The summed E-state index contributed by atoms with van der Waals surface area (Å²) in [6.45, 7) is 2.13. The number of hydrogen-bond acceptors (Lipinski definition) is 6. The molecule has 9 heteroatoms. The van der Waals surface area contributed by atoms with Gasteiger partial charge in [0.05, 0.1) is 5.75 Å². The fourth-order valence-corrected chi connectivity index (χ4v) is 5.49. The van der Waals surface area contributed by atoms with Crippen molar-refractivity contribution in [3.8, 4) is 0 Å². The zero-order valence-corrected chi connectivity index (χ0v) is 16.1. The van der Waals surface area contributed by atoms with Crippen LogP contribution in [0.1, 0.15) is 42.9 Å². The van der Waals surface area contributed by atoms with Crippen molar-refractivity contribution in [2.45, 2.75) is 44.1 Å². The first-order valence-electron chi connectivity index (χ1n) is 8.71. The predicted octanol–water partition coefficient (Wildman–Crippen LogP) is 2.47. The number of anilines is 1. The lowest BCUT2D eigenvalue weighted by Gasteiger charge is -2.35. The van der Waals surface area contributed by atoms with Crippen LogP contribution >= 0.6 is 11.3 Å². The second-order valence-corrected chi connectivity index (χ2v) is 10.1. The summed E-state index contributed by atoms with van der Waals surface area (Å²) in [6, 6.07) is -0.500. The van der Waals surface area contributed by atoms with E-state index in [0.29, 0.717) is 17.6 Å². The number of nitrogens with one attached hydrogen (secondary N) is 1. The minimum atomic E-state index is -3.12. The normalized spacial score (nSPS) is 22.8. The lowest BCUT2D eigenvalue weighted by atomic mass is 9.99. The summed E-state index contributed by atoms with van der Waals surface area (Å²) in [5, 5.41) is 3.43. The molecule has 0 bridgehead atoms. The molecule has 2 saturated heterocycles. The summed E-state index contributed by atoms with van der Waals surface area (Å²) in [7, 11) is -3.12. The molecule has 2 amide bonds. The number of carbonyl (C=O) groups is 1. The molecule has 2 aliphatic rings. The van der Waals surface area contributed by atoms with E-state index >= 15 is 0 Å². The van der Waals surface area contributed by atoms with Gasteiger partial charge in [0.1, 0.15) is 9.84 Å². The van der Waals surface area contributed by atoms with Crippen LogP contribution in [0.15, 0.2) is 6.20 Å². The van der Waals surface area contributed by atoms with E-state index in [1.807, 2.05) is 6.20 Å². The molecule has 0 unspecified atom stereocenters. The highest BCUT2D eigenvalue weighted by Gasteiger charge is 2.30. The number of likely N-dealkylation sites (tertiary alicyclic amines) is 1. The number of carbonyl (C=O) groups excluding carboxylic acids is 1. The maximum atomic E-state index is 12.6. The predicted molar refractivity (Wildman–Crippen MR) is 98.0 cm³/mol. The Bertz CT molecular complexity index is 698. The van der Waals surface area contributed by atoms with Gasteiger partial charge in [0, 0.05) is 43.1 Å². The number of thiazole rings is 1. The minimum absolute atomic E-state index is 0.0195. The number of ether oxygens (including phenoxy) is 1. The van der Waals surface area contributed by atoms with Crippen molar-refractivity contribution >= 4 is 32.3 Å². The number of rotatable bonds is 4. The summed E-state index contributed by atoms with van der Waals surface area (Å²) in [6.07, 6.45) is 7.61. The van der Waals surface area contributed by atoms with Crippen LogP contribution in [0.25, 0.3) is 0 Å². The van der Waals surface area contributed by atoms with Gasteiger partial charge in [0.25, 0.3) is 0 Å². The van der Waals surface area contributed by atoms with E-state index in [4.69, 9.17) is 4.74 Å². The Kier molecular flexibility index (Phi) is 5.96. The number of sulfone groups is 1. The Labute approximate surface area is 152 Å². The van der Waals surface area contributed by atoms with Gasteiger partial charge in [-0.25, -0.2) is 18.2 Å². The molecule has 1 atom stereocenters. The van der Waals surface area contributed by atoms with Gasteiger partial charge in [-0.2, -0.15) is 0 Å². The number of piperidine rings is 1. The third kappa shape index (κ3) is 5.15. The molecule has 3 heterocycles. The summed E-state index contributed by atoms with van der Waals surface area (Å²) in [4.78, 5) is 19.8. The maximum Gasteiger partial charge on any atom is 0.323 e. The molecular weight excluding hydrogens is 362 g/mol. The second-order valence-electron chi connectivity index (χ2n) is 6.82. The highest BCUT2D eigenvalue weighted by Crippen LogP contribution is 2.33. The average molecular weight is 388 g/mol. The average Bonchev–Trinajstić information content (AvgIpc) is 3.03. The number of nitrogens with zero attached hydrogens (tertiary/aromatic N) is 2. The molecule has 0 spiro atoms. The third-order valence-corrected chi connectivity index (χ3v) is 6.81. The van der Waals surface area contributed by atoms with Gasteiger partial charge in [-0.15, -0.1) is 11.3 Å². The van der Waals surface area contributed by atoms with Crippen LogP contribution in [0.2, 0.25) is 0 Å². The maximum absolute atomic E-state index is 12.6. The Morgan fingerprint density at radius 2 is 2.12 bits per heavy atom. The Hall–Kier alpha value is -1.19. The summed E-state index contributed by atoms with van der Waals surface area (Å²) < 4.78 is 28.6. The molecule has 140 valence electrons. The largest absolute Gasteiger partial charge is 0.381 e. The highest BCUT2D eigenvalue weighted by atomic mass is 32.2. The van der Waals surface area contributed by atoms with Gasteiger partial charge in [0.2, 0.25) is 0 Å². The lowest BCUT2D eigenvalue weighted by Crippen LogP contribution is -2.48. The smallest absolute Gasteiger partial charge is 0.323 e. The molecule has 25 heavy (non-hydrogen) atoms. The van der Waals surface area contributed by atoms with E-state index < -0.39 is 9.84 Å². The zero-order valence-electron chi connectivity index (χ0n) is 14.4. The van der Waals surface area contributed by atoms with E-state index in [-0.39, 0.29) is 17.8 Å². The molecule has 3 rings (SSSR count). The van der Waals surface area contributed by atoms with Crippen molar-refractivity contribution in [1.29, 1.82) is 0 Å². The lowest BCUT2D eigenvalue weighted by molar-refractivity contribution is 0.0860. The monoisotopic (exact) mass is 387 g/mol. The minimum Gasteiger partial charge on any atom is -0.381 e. The topological polar surface area (TPSA) is 88.6 Å². The summed E-state index contributed by atoms with van der Waals surface area (Å²) in [5.41, 5.74) is 0. The quantitative estimate of drug-likeness (QED) is 0.857. The van der Waals surface area contributed by atoms with Gasteiger partial charge >= 0.3 is 6.03 Å². The van der Waals surface area contributed by atoms with Crippen LogP contribution in [0.4, 0.5) is 9.93 Å². The molecule has 7 nitrogen and oxygen atoms in total. The SMILES string of the molecule is CS(=O)(=O)C[C@@H]1CCCCN1C(=O)Nc1ncc(C2CCOCC2)s1. The molecule has 2 aliphatic heterocycles. The van der Waals surface area contributed by atoms with Crippen LogP contribution in [-0.4, -0.2) is 62.1 Å². The number of urea groups is 1. The fraction of sp³-hybridized carbons (Fsp3) is 0.750. The Morgan fingerprint density at radius 3 is 2.84 bits per heavy atom. The van der Waals surface area contributed by atoms with E-state index in [2.05, 4.69) is 10.3 Å². The van der Waals surface area contributed by atoms with E-state index in [1.54, 1.807) is 4.90 Å². The van der Waals surface area contributed by atoms with Gasteiger partial charge in [-0.1, -0.05) is 0 Å². The first-order valence-corrected chi connectivity index (χ1v) is 11.6. The molecule has 0 aliphatic carbocycles. The second kappa shape index (κ2) is 8.01. The van der Waals surface area contributed by atoms with Gasteiger partial charge in [-0.3, -0.25) is 5.32 Å². The molecular formula is C16H25N3O4S2.